The molecule has 1 aliphatic rings. The molecule has 94 valence electrons. The summed E-state index contributed by atoms with van der Waals surface area (Å²) in [6.07, 6.45) is 0. The van der Waals surface area contributed by atoms with Gasteiger partial charge in [0.05, 0.1) is 6.61 Å². The lowest BCUT2D eigenvalue weighted by molar-refractivity contribution is 0.130. The maximum atomic E-state index is 11.8. The molecule has 1 heterocycles. The normalized spacial score (nSPS) is 20.4. The van der Waals surface area contributed by atoms with E-state index in [1.54, 1.807) is 0 Å². The number of aryl methyl sites for hydroxylation is 2. The molecule has 1 fully saturated rings. The van der Waals surface area contributed by atoms with Crippen molar-refractivity contribution < 1.29 is 13.2 Å². The van der Waals surface area contributed by atoms with Crippen LogP contribution in [0.1, 0.15) is 16.7 Å². The highest BCUT2D eigenvalue weighted by molar-refractivity contribution is 7.88. The Bertz CT molecular complexity index is 490. The molecule has 0 spiro atoms. The van der Waals surface area contributed by atoms with Crippen LogP contribution >= 0.6 is 0 Å². The van der Waals surface area contributed by atoms with Gasteiger partial charge in [-0.1, -0.05) is 18.2 Å². The van der Waals surface area contributed by atoms with E-state index < -0.39 is 10.0 Å². The van der Waals surface area contributed by atoms with Gasteiger partial charge in [0.2, 0.25) is 10.0 Å². The molecule has 0 unspecified atom stereocenters. The summed E-state index contributed by atoms with van der Waals surface area (Å²) < 4.78 is 30.1. The molecule has 5 heteroatoms. The first-order chi connectivity index (χ1) is 8.00. The van der Waals surface area contributed by atoms with Gasteiger partial charge in [-0.2, -0.15) is 4.31 Å². The van der Waals surface area contributed by atoms with Crippen molar-refractivity contribution in [1.29, 1.82) is 0 Å². The molecule has 1 aromatic rings. The summed E-state index contributed by atoms with van der Waals surface area (Å²) in [5.41, 5.74) is 3.36. The van der Waals surface area contributed by atoms with Gasteiger partial charge in [-0.15, -0.1) is 0 Å². The zero-order chi connectivity index (χ0) is 12.5. The quantitative estimate of drug-likeness (QED) is 0.803. The summed E-state index contributed by atoms with van der Waals surface area (Å²) in [6, 6.07) is 6.01. The van der Waals surface area contributed by atoms with Crippen molar-refractivity contribution in [1.82, 2.24) is 4.31 Å². The summed E-state index contributed by atoms with van der Waals surface area (Å²) in [4.78, 5) is 0. The van der Waals surface area contributed by atoms with Crippen molar-refractivity contribution in [2.75, 3.05) is 19.1 Å². The Kier molecular flexibility index (Phi) is 3.51. The van der Waals surface area contributed by atoms with Crippen molar-refractivity contribution in [3.63, 3.8) is 0 Å². The average Bonchev–Trinajstić information content (AvgIpc) is 2.25. The standard InChI is InChI=1S/C12H17NO3S/c1-10-4-3-5-11(2)12(10)8-13-6-7-16-9-17(13,14)15/h3-5H,6-9H2,1-2H3. The predicted octanol–water partition coefficient (Wildman–Crippen LogP) is 1.42. The number of ether oxygens (including phenoxy) is 1. The summed E-state index contributed by atoms with van der Waals surface area (Å²) in [7, 11) is -3.24. The van der Waals surface area contributed by atoms with Gasteiger partial charge in [0.1, 0.15) is 0 Å². The van der Waals surface area contributed by atoms with Gasteiger partial charge in [-0.25, -0.2) is 8.42 Å². The zero-order valence-electron chi connectivity index (χ0n) is 10.1. The van der Waals surface area contributed by atoms with Crippen LogP contribution in [0.15, 0.2) is 18.2 Å². The first-order valence-electron chi connectivity index (χ1n) is 5.61. The SMILES string of the molecule is Cc1cccc(C)c1CN1CCOCS1(=O)=O. The molecule has 1 saturated heterocycles. The molecule has 1 aliphatic heterocycles. The number of benzene rings is 1. The summed E-state index contributed by atoms with van der Waals surface area (Å²) in [5.74, 6) is -0.196. The van der Waals surface area contributed by atoms with Gasteiger partial charge >= 0.3 is 0 Å². The molecule has 17 heavy (non-hydrogen) atoms. The molecule has 0 N–H and O–H groups in total. The maximum absolute atomic E-state index is 11.8. The molecule has 0 radical (unpaired) electrons. The molecule has 0 saturated carbocycles. The third kappa shape index (κ3) is 2.68. The fourth-order valence-electron chi connectivity index (χ4n) is 2.00. The van der Waals surface area contributed by atoms with Crippen molar-refractivity contribution in [3.05, 3.63) is 34.9 Å². The van der Waals surface area contributed by atoms with E-state index in [1.807, 2.05) is 32.0 Å². The second-order valence-electron chi connectivity index (χ2n) is 4.34. The first kappa shape index (κ1) is 12.5. The number of nitrogens with zero attached hydrogens (tertiary/aromatic N) is 1. The molecule has 0 aromatic heterocycles. The lowest BCUT2D eigenvalue weighted by atomic mass is 10.0. The van der Waals surface area contributed by atoms with E-state index in [9.17, 15) is 8.42 Å². The molecule has 0 atom stereocenters. The third-order valence-corrected chi connectivity index (χ3v) is 4.65. The fraction of sp³-hybridized carbons (Fsp3) is 0.500. The number of sulfonamides is 1. The Morgan fingerprint density at radius 3 is 2.53 bits per heavy atom. The van der Waals surface area contributed by atoms with Crippen molar-refractivity contribution in [2.45, 2.75) is 20.4 Å². The second kappa shape index (κ2) is 4.76. The topological polar surface area (TPSA) is 46.6 Å². The highest BCUT2D eigenvalue weighted by Crippen LogP contribution is 2.19. The van der Waals surface area contributed by atoms with E-state index >= 15 is 0 Å². The Hall–Kier alpha value is -0.910. The molecule has 0 aliphatic carbocycles. The molecule has 0 amide bonds. The zero-order valence-corrected chi connectivity index (χ0v) is 11.0. The van der Waals surface area contributed by atoms with Crippen molar-refractivity contribution in [3.8, 4) is 0 Å². The molecular weight excluding hydrogens is 238 g/mol. The number of hydrogen-bond acceptors (Lipinski definition) is 3. The Labute approximate surface area is 102 Å². The summed E-state index contributed by atoms with van der Waals surface area (Å²) in [6.45, 7) is 5.38. The summed E-state index contributed by atoms with van der Waals surface area (Å²) in [5, 5.41) is 0. The van der Waals surface area contributed by atoms with Gasteiger partial charge in [0.25, 0.3) is 0 Å². The van der Waals surface area contributed by atoms with Gasteiger partial charge in [-0.3, -0.25) is 0 Å². The molecular formula is C12H17NO3S. The number of rotatable bonds is 2. The number of hydrogen-bond donors (Lipinski definition) is 0. The van der Waals surface area contributed by atoms with E-state index in [4.69, 9.17) is 4.74 Å². The highest BCUT2D eigenvalue weighted by Gasteiger charge is 2.27. The van der Waals surface area contributed by atoms with Crippen LogP contribution in [0.2, 0.25) is 0 Å². The summed E-state index contributed by atoms with van der Waals surface area (Å²) >= 11 is 0. The van der Waals surface area contributed by atoms with Crippen molar-refractivity contribution >= 4 is 10.0 Å². The minimum Gasteiger partial charge on any atom is -0.363 e. The predicted molar refractivity (Wildman–Crippen MR) is 66.1 cm³/mol. The van der Waals surface area contributed by atoms with Crippen LogP contribution in [0, 0.1) is 13.8 Å². The molecule has 4 nitrogen and oxygen atoms in total. The Morgan fingerprint density at radius 2 is 1.94 bits per heavy atom. The third-order valence-electron chi connectivity index (χ3n) is 3.09. The highest BCUT2D eigenvalue weighted by atomic mass is 32.2. The Balaban J connectivity index is 2.26. The average molecular weight is 255 g/mol. The van der Waals surface area contributed by atoms with Gasteiger partial charge in [-0.05, 0) is 30.5 Å². The van der Waals surface area contributed by atoms with E-state index in [1.165, 1.54) is 4.31 Å². The van der Waals surface area contributed by atoms with Crippen LogP contribution < -0.4 is 0 Å². The van der Waals surface area contributed by atoms with E-state index in [0.29, 0.717) is 19.7 Å². The first-order valence-corrected chi connectivity index (χ1v) is 7.22. The van der Waals surface area contributed by atoms with Crippen LogP contribution in [0.3, 0.4) is 0 Å². The van der Waals surface area contributed by atoms with Crippen LogP contribution in [0.4, 0.5) is 0 Å². The van der Waals surface area contributed by atoms with Crippen LogP contribution in [0.25, 0.3) is 0 Å². The van der Waals surface area contributed by atoms with Gasteiger partial charge in [0.15, 0.2) is 5.94 Å². The lowest BCUT2D eigenvalue weighted by Crippen LogP contribution is -2.40. The molecule has 0 bridgehead atoms. The Morgan fingerprint density at radius 1 is 1.29 bits per heavy atom. The van der Waals surface area contributed by atoms with E-state index in [2.05, 4.69) is 0 Å². The van der Waals surface area contributed by atoms with E-state index in [-0.39, 0.29) is 5.94 Å². The van der Waals surface area contributed by atoms with Crippen LogP contribution in [-0.4, -0.2) is 31.8 Å². The smallest absolute Gasteiger partial charge is 0.238 e. The minimum atomic E-state index is -3.24. The van der Waals surface area contributed by atoms with E-state index in [0.717, 1.165) is 16.7 Å². The maximum Gasteiger partial charge on any atom is 0.238 e. The molecule has 1 aromatic carbocycles. The van der Waals surface area contributed by atoms with Gasteiger partial charge in [0, 0.05) is 13.1 Å². The second-order valence-corrected chi connectivity index (χ2v) is 6.26. The molecule has 2 rings (SSSR count). The van der Waals surface area contributed by atoms with Crippen molar-refractivity contribution in [2.24, 2.45) is 0 Å². The largest absolute Gasteiger partial charge is 0.363 e. The van der Waals surface area contributed by atoms with Gasteiger partial charge < -0.3 is 4.74 Å². The van der Waals surface area contributed by atoms with Crippen LogP contribution in [-0.2, 0) is 21.3 Å². The fourth-order valence-corrected chi connectivity index (χ4v) is 3.15. The minimum absolute atomic E-state index is 0.196. The monoisotopic (exact) mass is 255 g/mol. The van der Waals surface area contributed by atoms with Crippen LogP contribution in [0.5, 0.6) is 0 Å². The lowest BCUT2D eigenvalue weighted by Gasteiger charge is -2.27.